The summed E-state index contributed by atoms with van der Waals surface area (Å²) in [6, 6.07) is 15.5. The molecular formula is C31H45N5O3. The number of nitrogens with zero attached hydrogens (tertiary/aromatic N) is 3. The monoisotopic (exact) mass is 535 g/mol. The highest BCUT2D eigenvalue weighted by atomic mass is 16.4. The molecule has 0 bridgehead atoms. The Labute approximate surface area is 233 Å². The van der Waals surface area contributed by atoms with Crippen LogP contribution in [-0.4, -0.2) is 79.3 Å². The summed E-state index contributed by atoms with van der Waals surface area (Å²) in [6.07, 6.45) is 3.44. The van der Waals surface area contributed by atoms with E-state index in [1.165, 1.54) is 16.0 Å². The lowest BCUT2D eigenvalue weighted by molar-refractivity contribution is -0.123. The number of piperazine rings is 1. The number of nitrogens with one attached hydrogen (secondary N) is 2. The molecule has 2 aliphatic rings. The Bertz CT molecular complexity index is 1130. The molecule has 2 fully saturated rings. The highest BCUT2D eigenvalue weighted by Crippen LogP contribution is 2.30. The summed E-state index contributed by atoms with van der Waals surface area (Å²) in [6.45, 7) is 8.97. The number of anilines is 2. The van der Waals surface area contributed by atoms with Crippen molar-refractivity contribution in [3.8, 4) is 0 Å². The van der Waals surface area contributed by atoms with Crippen LogP contribution in [0, 0.1) is 12.8 Å². The highest BCUT2D eigenvalue weighted by molar-refractivity contribution is 5.94. The van der Waals surface area contributed by atoms with Gasteiger partial charge in [-0.3, -0.25) is 9.69 Å². The summed E-state index contributed by atoms with van der Waals surface area (Å²) in [4.78, 5) is 30.1. The fourth-order valence-corrected chi connectivity index (χ4v) is 5.79. The number of aryl methyl sites for hydroxylation is 1. The van der Waals surface area contributed by atoms with E-state index < -0.39 is 6.09 Å². The van der Waals surface area contributed by atoms with Gasteiger partial charge in [-0.05, 0) is 86.9 Å². The molecule has 1 saturated carbocycles. The predicted octanol–water partition coefficient (Wildman–Crippen LogP) is 4.57. The molecule has 0 aromatic heterocycles. The maximum Gasteiger partial charge on any atom is 0.407 e. The lowest BCUT2D eigenvalue weighted by Gasteiger charge is -2.33. The molecule has 1 aliphatic heterocycles. The van der Waals surface area contributed by atoms with Gasteiger partial charge in [0.25, 0.3) is 0 Å². The topological polar surface area (TPSA) is 88.2 Å². The quantitative estimate of drug-likeness (QED) is 0.436. The van der Waals surface area contributed by atoms with Crippen LogP contribution in [0.15, 0.2) is 42.5 Å². The number of hydrogen-bond donors (Lipinski definition) is 3. The Balaban J connectivity index is 1.26. The third-order valence-corrected chi connectivity index (χ3v) is 8.33. The first kappa shape index (κ1) is 28.9. The second kappa shape index (κ2) is 13.3. The van der Waals surface area contributed by atoms with Crippen LogP contribution in [0.25, 0.3) is 0 Å². The number of amides is 2. The van der Waals surface area contributed by atoms with Crippen molar-refractivity contribution in [2.24, 2.45) is 5.92 Å². The van der Waals surface area contributed by atoms with Gasteiger partial charge in [0, 0.05) is 76.2 Å². The van der Waals surface area contributed by atoms with E-state index in [0.29, 0.717) is 25.0 Å². The summed E-state index contributed by atoms with van der Waals surface area (Å²) in [5.74, 6) is 0.259. The molecule has 1 saturated heterocycles. The zero-order valence-electron chi connectivity index (χ0n) is 23.9. The molecule has 2 aromatic rings. The van der Waals surface area contributed by atoms with Gasteiger partial charge in [0.2, 0.25) is 5.91 Å². The van der Waals surface area contributed by atoms with E-state index in [4.69, 9.17) is 5.11 Å². The fourth-order valence-electron chi connectivity index (χ4n) is 5.79. The van der Waals surface area contributed by atoms with Crippen LogP contribution in [0.2, 0.25) is 0 Å². The number of likely N-dealkylation sites (N-methyl/N-ethyl adjacent to an activating group) is 1. The van der Waals surface area contributed by atoms with E-state index in [9.17, 15) is 9.59 Å². The largest absolute Gasteiger partial charge is 0.465 e. The van der Waals surface area contributed by atoms with E-state index in [-0.39, 0.29) is 11.8 Å². The lowest BCUT2D eigenvalue weighted by Crippen LogP contribution is -2.48. The second-order valence-electron chi connectivity index (χ2n) is 11.4. The molecule has 0 radical (unpaired) electrons. The van der Waals surface area contributed by atoms with Crippen molar-refractivity contribution < 1.29 is 14.7 Å². The zero-order chi connectivity index (χ0) is 27.9. The number of carbonyl (C=O) groups is 2. The molecular weight excluding hydrogens is 490 g/mol. The molecule has 0 unspecified atom stereocenters. The molecule has 0 spiro atoms. The first-order valence-corrected chi connectivity index (χ1v) is 14.3. The smallest absolute Gasteiger partial charge is 0.407 e. The minimum absolute atomic E-state index is 0.0493. The zero-order valence-corrected chi connectivity index (χ0v) is 23.9. The van der Waals surface area contributed by atoms with Crippen LogP contribution in [0.1, 0.15) is 49.3 Å². The minimum atomic E-state index is -0.908. The molecule has 1 heterocycles. The number of hydrogen-bond acceptors (Lipinski definition) is 5. The number of rotatable bonds is 9. The molecule has 1 aliphatic carbocycles. The Morgan fingerprint density at radius 3 is 2.56 bits per heavy atom. The first-order valence-electron chi connectivity index (χ1n) is 14.3. The van der Waals surface area contributed by atoms with E-state index in [1.807, 2.05) is 24.1 Å². The molecule has 4 rings (SSSR count). The van der Waals surface area contributed by atoms with Crippen LogP contribution in [0.4, 0.5) is 16.2 Å². The van der Waals surface area contributed by atoms with Crippen LogP contribution < -0.4 is 15.5 Å². The van der Waals surface area contributed by atoms with Crippen LogP contribution >= 0.6 is 0 Å². The van der Waals surface area contributed by atoms with Crippen molar-refractivity contribution >= 4 is 23.4 Å². The summed E-state index contributed by atoms with van der Waals surface area (Å²) in [7, 11) is 3.50. The molecule has 212 valence electrons. The Kier molecular flexibility index (Phi) is 9.86. The molecule has 8 heteroatoms. The number of carbonyl (C=O) groups excluding carboxylic acids is 1. The summed E-state index contributed by atoms with van der Waals surface area (Å²) in [5.41, 5.74) is 5.72. The van der Waals surface area contributed by atoms with Crippen molar-refractivity contribution in [2.45, 2.75) is 64.6 Å². The van der Waals surface area contributed by atoms with E-state index >= 15 is 0 Å². The van der Waals surface area contributed by atoms with Gasteiger partial charge in [-0.1, -0.05) is 18.2 Å². The Morgan fingerprint density at radius 1 is 1.10 bits per heavy atom. The molecule has 2 amide bonds. The van der Waals surface area contributed by atoms with Crippen molar-refractivity contribution in [1.29, 1.82) is 0 Å². The van der Waals surface area contributed by atoms with Gasteiger partial charge >= 0.3 is 6.09 Å². The summed E-state index contributed by atoms with van der Waals surface area (Å²) in [5, 5.41) is 16.2. The van der Waals surface area contributed by atoms with Gasteiger partial charge in [0.15, 0.2) is 0 Å². The second-order valence-corrected chi connectivity index (χ2v) is 11.4. The molecule has 3 N–H and O–H groups in total. The van der Waals surface area contributed by atoms with Crippen molar-refractivity contribution in [3.63, 3.8) is 0 Å². The van der Waals surface area contributed by atoms with E-state index in [2.05, 4.69) is 59.7 Å². The fraction of sp³-hybridized carbons (Fsp3) is 0.548. The maximum absolute atomic E-state index is 13.4. The lowest BCUT2D eigenvalue weighted by atomic mass is 9.85. The van der Waals surface area contributed by atoms with Crippen LogP contribution in [0.3, 0.4) is 0 Å². The average molecular weight is 536 g/mol. The van der Waals surface area contributed by atoms with Crippen LogP contribution in [-0.2, 0) is 17.8 Å². The molecule has 39 heavy (non-hydrogen) atoms. The number of carboxylic acid groups (broad SMARTS) is 1. The predicted molar refractivity (Wildman–Crippen MR) is 158 cm³/mol. The first-order chi connectivity index (χ1) is 18.7. The van der Waals surface area contributed by atoms with E-state index in [0.717, 1.165) is 68.8 Å². The summed E-state index contributed by atoms with van der Waals surface area (Å²) < 4.78 is 0. The highest BCUT2D eigenvalue weighted by Gasteiger charge is 2.29. The third kappa shape index (κ3) is 7.96. The normalized spacial score (nSPS) is 21.8. The van der Waals surface area contributed by atoms with Gasteiger partial charge in [-0.15, -0.1) is 0 Å². The van der Waals surface area contributed by atoms with Gasteiger partial charge in [-0.25, -0.2) is 4.79 Å². The van der Waals surface area contributed by atoms with Crippen molar-refractivity contribution in [2.75, 3.05) is 50.5 Å². The van der Waals surface area contributed by atoms with Gasteiger partial charge in [0.1, 0.15) is 0 Å². The van der Waals surface area contributed by atoms with Gasteiger partial charge in [0.05, 0.1) is 0 Å². The maximum atomic E-state index is 13.4. The average Bonchev–Trinajstić information content (AvgIpc) is 2.92. The Hall–Kier alpha value is -3.10. The van der Waals surface area contributed by atoms with Crippen LogP contribution in [0.5, 0.6) is 0 Å². The van der Waals surface area contributed by atoms with E-state index in [1.54, 1.807) is 7.05 Å². The Morgan fingerprint density at radius 2 is 1.87 bits per heavy atom. The SMILES string of the molecule is Cc1cc(N(C)C(=O)C2CCC(Nc3cccc(CCN(C)C(=O)O)c3)CC2)ccc1CN1CCN[C@@H](C)C1. The number of benzene rings is 2. The third-order valence-electron chi connectivity index (χ3n) is 8.33. The summed E-state index contributed by atoms with van der Waals surface area (Å²) >= 11 is 0. The van der Waals surface area contributed by atoms with Crippen molar-refractivity contribution in [1.82, 2.24) is 15.1 Å². The standard InChI is InChI=1S/C31H45N5O3/c1-22-18-29(13-10-26(22)21-36-17-15-32-23(2)20-36)35(4)30(37)25-8-11-27(12-9-25)33-28-7-5-6-24(19-28)14-16-34(3)31(38)39/h5-7,10,13,18-19,23,25,27,32-33H,8-9,11-12,14-17,20-21H2,1-4H3,(H,38,39)/t23-,25?,27?/m0/s1. The minimum Gasteiger partial charge on any atom is -0.465 e. The molecule has 1 atom stereocenters. The van der Waals surface area contributed by atoms with Crippen molar-refractivity contribution in [3.05, 3.63) is 59.2 Å². The molecule has 2 aromatic carbocycles. The van der Waals surface area contributed by atoms with Gasteiger partial charge in [-0.2, -0.15) is 0 Å². The van der Waals surface area contributed by atoms with Gasteiger partial charge < -0.3 is 25.5 Å². The molecule has 8 nitrogen and oxygen atoms in total.